The van der Waals surface area contributed by atoms with Crippen LogP contribution in [0.3, 0.4) is 0 Å². The molecule has 4 nitrogen and oxygen atoms in total. The first-order valence-electron chi connectivity index (χ1n) is 4.06. The van der Waals surface area contributed by atoms with Gasteiger partial charge in [0.15, 0.2) is 6.10 Å². The molecule has 0 saturated carbocycles. The van der Waals surface area contributed by atoms with Crippen LogP contribution in [0.15, 0.2) is 0 Å². The first kappa shape index (κ1) is 10.4. The maximum atomic E-state index is 11.4. The van der Waals surface area contributed by atoms with Gasteiger partial charge in [0.05, 0.1) is 25.0 Å². The molecule has 0 aromatic rings. The van der Waals surface area contributed by atoms with E-state index >= 15 is 0 Å². The Morgan fingerprint density at radius 2 is 2.62 bits per heavy atom. The zero-order valence-electron chi connectivity index (χ0n) is 7.52. The maximum Gasteiger partial charge on any atom is 0.232 e. The Morgan fingerprint density at radius 3 is 3.23 bits per heavy atom. The molecule has 1 saturated heterocycles. The highest BCUT2D eigenvalue weighted by Crippen LogP contribution is 2.06. The fraction of sp³-hybridized carbons (Fsp3) is 0.750. The van der Waals surface area contributed by atoms with Gasteiger partial charge < -0.3 is 9.64 Å². The molecular weight excluding hydrogens is 188 g/mol. The van der Waals surface area contributed by atoms with Crippen molar-refractivity contribution in [3.8, 4) is 6.07 Å². The molecule has 72 valence electrons. The quantitative estimate of drug-likeness (QED) is 0.634. The summed E-state index contributed by atoms with van der Waals surface area (Å²) in [5.74, 6) is 0.578. The molecule has 0 spiro atoms. The SMILES string of the molecule is CSCC(=O)N1CCOC(C#N)C1. The van der Waals surface area contributed by atoms with Crippen molar-refractivity contribution in [1.82, 2.24) is 4.90 Å². The number of nitriles is 1. The molecule has 0 aliphatic carbocycles. The average Bonchev–Trinajstić information content (AvgIpc) is 2.18. The Bertz CT molecular complexity index is 227. The molecule has 1 aliphatic rings. The van der Waals surface area contributed by atoms with Gasteiger partial charge in [-0.1, -0.05) is 0 Å². The third kappa shape index (κ3) is 2.90. The van der Waals surface area contributed by atoms with Crippen LogP contribution in [0.4, 0.5) is 0 Å². The number of rotatable bonds is 2. The van der Waals surface area contributed by atoms with Gasteiger partial charge in [-0.05, 0) is 6.26 Å². The molecule has 13 heavy (non-hydrogen) atoms. The second-order valence-corrected chi connectivity index (χ2v) is 3.63. The molecule has 0 aromatic heterocycles. The molecule has 1 aliphatic heterocycles. The van der Waals surface area contributed by atoms with Crippen molar-refractivity contribution in [3.63, 3.8) is 0 Å². The minimum Gasteiger partial charge on any atom is -0.360 e. The smallest absolute Gasteiger partial charge is 0.232 e. The zero-order valence-corrected chi connectivity index (χ0v) is 8.34. The Hall–Kier alpha value is -0.730. The monoisotopic (exact) mass is 200 g/mol. The predicted octanol–water partition coefficient (Wildman–Crippen LogP) is 0.100. The molecule has 0 bridgehead atoms. The predicted molar refractivity (Wildman–Crippen MR) is 50.3 cm³/mol. The fourth-order valence-corrected chi connectivity index (χ4v) is 1.60. The third-order valence-corrected chi connectivity index (χ3v) is 2.37. The van der Waals surface area contributed by atoms with Crippen molar-refractivity contribution in [3.05, 3.63) is 0 Å². The normalized spacial score (nSPS) is 22.5. The minimum atomic E-state index is -0.445. The van der Waals surface area contributed by atoms with Crippen LogP contribution in [0.2, 0.25) is 0 Å². The molecule has 0 aromatic carbocycles. The van der Waals surface area contributed by atoms with Crippen molar-refractivity contribution in [1.29, 1.82) is 5.26 Å². The number of thioether (sulfide) groups is 1. The van der Waals surface area contributed by atoms with Crippen LogP contribution in [-0.4, -0.2) is 48.6 Å². The third-order valence-electron chi connectivity index (χ3n) is 1.83. The van der Waals surface area contributed by atoms with E-state index in [9.17, 15) is 4.79 Å². The summed E-state index contributed by atoms with van der Waals surface area (Å²) in [5, 5.41) is 8.60. The van der Waals surface area contributed by atoms with Gasteiger partial charge in [-0.15, -0.1) is 0 Å². The highest BCUT2D eigenvalue weighted by atomic mass is 32.2. The Labute approximate surface area is 81.8 Å². The second-order valence-electron chi connectivity index (χ2n) is 2.76. The van der Waals surface area contributed by atoms with Crippen molar-refractivity contribution >= 4 is 17.7 Å². The Kier molecular flexibility index (Phi) is 4.06. The molecular formula is C8H12N2O2S. The maximum absolute atomic E-state index is 11.4. The molecule has 1 amide bonds. The lowest BCUT2D eigenvalue weighted by Gasteiger charge is -2.29. The lowest BCUT2D eigenvalue weighted by molar-refractivity contribution is -0.134. The summed E-state index contributed by atoms with van der Waals surface area (Å²) in [6.07, 6.45) is 1.44. The van der Waals surface area contributed by atoms with Gasteiger partial charge in [0.1, 0.15) is 0 Å². The van der Waals surface area contributed by atoms with Crippen molar-refractivity contribution in [2.75, 3.05) is 31.7 Å². The zero-order chi connectivity index (χ0) is 9.68. The van der Waals surface area contributed by atoms with Crippen LogP contribution in [0.25, 0.3) is 0 Å². The largest absolute Gasteiger partial charge is 0.360 e. The second kappa shape index (κ2) is 5.10. The summed E-state index contributed by atoms with van der Waals surface area (Å²) < 4.78 is 5.12. The van der Waals surface area contributed by atoms with E-state index in [1.54, 1.807) is 4.90 Å². The Morgan fingerprint density at radius 1 is 1.85 bits per heavy atom. The van der Waals surface area contributed by atoms with Gasteiger partial charge in [0.2, 0.25) is 5.91 Å². The van der Waals surface area contributed by atoms with Crippen molar-refractivity contribution in [2.24, 2.45) is 0 Å². The van der Waals surface area contributed by atoms with Gasteiger partial charge in [-0.2, -0.15) is 17.0 Å². The van der Waals surface area contributed by atoms with E-state index in [-0.39, 0.29) is 5.91 Å². The Balaban J connectivity index is 2.42. The summed E-state index contributed by atoms with van der Waals surface area (Å²) in [6, 6.07) is 2.01. The van der Waals surface area contributed by atoms with Crippen molar-refractivity contribution in [2.45, 2.75) is 6.10 Å². The average molecular weight is 200 g/mol. The van der Waals surface area contributed by atoms with Gasteiger partial charge >= 0.3 is 0 Å². The number of carbonyl (C=O) groups is 1. The van der Waals surface area contributed by atoms with E-state index in [0.717, 1.165) is 0 Å². The van der Waals surface area contributed by atoms with Crippen LogP contribution >= 0.6 is 11.8 Å². The molecule has 1 fully saturated rings. The molecule has 5 heteroatoms. The summed E-state index contributed by atoms with van der Waals surface area (Å²) in [4.78, 5) is 13.1. The standard InChI is InChI=1S/C8H12N2O2S/c1-13-6-8(11)10-2-3-12-7(4-9)5-10/h7H,2-3,5-6H2,1H3. The highest BCUT2D eigenvalue weighted by Gasteiger charge is 2.23. The topological polar surface area (TPSA) is 53.3 Å². The lowest BCUT2D eigenvalue weighted by atomic mass is 10.3. The number of hydrogen-bond donors (Lipinski definition) is 0. The number of ether oxygens (including phenoxy) is 1. The number of nitrogens with zero attached hydrogens (tertiary/aromatic N) is 2. The molecule has 1 heterocycles. The number of carbonyl (C=O) groups excluding carboxylic acids is 1. The number of hydrogen-bond acceptors (Lipinski definition) is 4. The van der Waals surface area contributed by atoms with E-state index in [2.05, 4.69) is 0 Å². The van der Waals surface area contributed by atoms with Crippen LogP contribution in [0.5, 0.6) is 0 Å². The van der Waals surface area contributed by atoms with E-state index < -0.39 is 6.10 Å². The summed E-state index contributed by atoms with van der Waals surface area (Å²) in [6.45, 7) is 1.49. The van der Waals surface area contributed by atoms with Gasteiger partial charge in [0.25, 0.3) is 0 Å². The molecule has 1 rings (SSSR count). The van der Waals surface area contributed by atoms with Gasteiger partial charge in [-0.25, -0.2) is 0 Å². The van der Waals surface area contributed by atoms with E-state index in [0.29, 0.717) is 25.4 Å². The molecule has 1 atom stereocenters. The number of amides is 1. The molecule has 1 unspecified atom stereocenters. The van der Waals surface area contributed by atoms with Crippen LogP contribution < -0.4 is 0 Å². The van der Waals surface area contributed by atoms with Crippen LogP contribution in [0, 0.1) is 11.3 Å². The van der Waals surface area contributed by atoms with Gasteiger partial charge in [0, 0.05) is 6.54 Å². The summed E-state index contributed by atoms with van der Waals surface area (Å²) in [5.41, 5.74) is 0. The van der Waals surface area contributed by atoms with Crippen molar-refractivity contribution < 1.29 is 9.53 Å². The number of morpholine rings is 1. The molecule has 0 N–H and O–H groups in total. The minimum absolute atomic E-state index is 0.0936. The summed E-state index contributed by atoms with van der Waals surface area (Å²) in [7, 11) is 0. The van der Waals surface area contributed by atoms with Crippen LogP contribution in [-0.2, 0) is 9.53 Å². The lowest BCUT2D eigenvalue weighted by Crippen LogP contribution is -2.45. The van der Waals surface area contributed by atoms with E-state index in [4.69, 9.17) is 10.00 Å². The van der Waals surface area contributed by atoms with Gasteiger partial charge in [-0.3, -0.25) is 4.79 Å². The summed E-state index contributed by atoms with van der Waals surface area (Å²) >= 11 is 1.50. The van der Waals surface area contributed by atoms with E-state index in [1.807, 2.05) is 12.3 Å². The first-order valence-corrected chi connectivity index (χ1v) is 5.45. The van der Waals surface area contributed by atoms with E-state index in [1.165, 1.54) is 11.8 Å². The highest BCUT2D eigenvalue weighted by molar-refractivity contribution is 7.99. The first-order chi connectivity index (χ1) is 6.27. The van der Waals surface area contributed by atoms with Crippen LogP contribution in [0.1, 0.15) is 0 Å². The molecule has 0 radical (unpaired) electrons. The fourth-order valence-electron chi connectivity index (χ4n) is 1.17.